The number of pyridine rings is 2. The molecule has 0 saturated heterocycles. The minimum Gasteiger partial charge on any atom is -0.456 e. The van der Waals surface area contributed by atoms with E-state index < -0.39 is 0 Å². The van der Waals surface area contributed by atoms with Crippen LogP contribution >= 0.6 is 0 Å². The molecule has 6 aromatic rings. The first kappa shape index (κ1) is 19.5. The summed E-state index contributed by atoms with van der Waals surface area (Å²) in [5.41, 5.74) is 5.93. The minimum atomic E-state index is -0.0944. The zero-order valence-corrected chi connectivity index (χ0v) is 18.1. The van der Waals surface area contributed by atoms with Gasteiger partial charge in [0, 0.05) is 58.7 Å². The third-order valence-corrected chi connectivity index (χ3v) is 6.06. The Morgan fingerprint density at radius 1 is 0.970 bits per heavy atom. The molecule has 0 fully saturated rings. The van der Waals surface area contributed by atoms with Crippen molar-refractivity contribution < 1.29 is 9.52 Å². The quantitative estimate of drug-likeness (QED) is 0.355. The fourth-order valence-electron chi connectivity index (χ4n) is 4.34. The molecule has 0 bridgehead atoms. The molecular formula is C27H22N4O2. The average Bonchev–Trinajstić information content (AvgIpc) is 3.46. The number of anilines is 1. The van der Waals surface area contributed by atoms with Gasteiger partial charge in [0.05, 0.1) is 0 Å². The van der Waals surface area contributed by atoms with Crippen molar-refractivity contribution >= 4 is 38.5 Å². The van der Waals surface area contributed by atoms with Crippen LogP contribution < -0.4 is 5.32 Å². The number of aryl methyl sites for hydroxylation is 1. The summed E-state index contributed by atoms with van der Waals surface area (Å²) in [6.07, 6.45) is 7.35. The van der Waals surface area contributed by atoms with Gasteiger partial charge in [0.1, 0.15) is 23.7 Å². The van der Waals surface area contributed by atoms with Crippen molar-refractivity contribution in [3.05, 3.63) is 90.5 Å². The summed E-state index contributed by atoms with van der Waals surface area (Å²) >= 11 is 0. The molecule has 6 heteroatoms. The van der Waals surface area contributed by atoms with Crippen LogP contribution in [-0.2, 0) is 13.3 Å². The number of rotatable bonds is 5. The average molecular weight is 434 g/mol. The van der Waals surface area contributed by atoms with Gasteiger partial charge >= 0.3 is 0 Å². The molecule has 0 radical (unpaired) electrons. The summed E-state index contributed by atoms with van der Waals surface area (Å²) < 4.78 is 7.90. The van der Waals surface area contributed by atoms with E-state index in [1.165, 1.54) is 5.56 Å². The van der Waals surface area contributed by atoms with E-state index >= 15 is 0 Å². The summed E-state index contributed by atoms with van der Waals surface area (Å²) in [5.74, 6) is 0.819. The standard InChI is InChI=1S/C27H22N4O2/c1-17-2-4-19-12-26(33-25(19)10-17)23-15-28-14-20-5-3-18(11-22(20)23)13-30-24-6-8-29-27-21(24)7-9-31(27)16-32/h2-12,14-15,32H,13,16H2,1H3,(H,29,30). The summed E-state index contributed by atoms with van der Waals surface area (Å²) in [7, 11) is 0. The maximum atomic E-state index is 9.49. The minimum absolute atomic E-state index is 0.0944. The summed E-state index contributed by atoms with van der Waals surface area (Å²) in [4.78, 5) is 8.82. The van der Waals surface area contributed by atoms with E-state index in [2.05, 4.69) is 64.7 Å². The van der Waals surface area contributed by atoms with Gasteiger partial charge in [0.25, 0.3) is 0 Å². The first-order valence-electron chi connectivity index (χ1n) is 10.9. The molecule has 0 amide bonds. The first-order valence-corrected chi connectivity index (χ1v) is 10.9. The van der Waals surface area contributed by atoms with E-state index in [0.29, 0.717) is 6.54 Å². The van der Waals surface area contributed by atoms with Crippen molar-refractivity contribution in [2.45, 2.75) is 20.2 Å². The van der Waals surface area contributed by atoms with E-state index in [1.807, 2.05) is 30.7 Å². The fraction of sp³-hybridized carbons (Fsp3) is 0.111. The first-order chi connectivity index (χ1) is 16.2. The van der Waals surface area contributed by atoms with Gasteiger partial charge < -0.3 is 19.4 Å². The van der Waals surface area contributed by atoms with Crippen LogP contribution in [0.2, 0.25) is 0 Å². The lowest BCUT2D eigenvalue weighted by Gasteiger charge is -2.10. The number of furan rings is 1. The largest absolute Gasteiger partial charge is 0.456 e. The molecule has 0 atom stereocenters. The van der Waals surface area contributed by atoms with Gasteiger partial charge in [-0.2, -0.15) is 0 Å². The highest BCUT2D eigenvalue weighted by molar-refractivity contribution is 5.97. The van der Waals surface area contributed by atoms with Gasteiger partial charge in [-0.05, 0) is 53.8 Å². The van der Waals surface area contributed by atoms with Crippen molar-refractivity contribution in [1.29, 1.82) is 0 Å². The van der Waals surface area contributed by atoms with Crippen molar-refractivity contribution in [3.8, 4) is 11.3 Å². The summed E-state index contributed by atoms with van der Waals surface area (Å²) in [6, 6.07) is 18.6. The second-order valence-electron chi connectivity index (χ2n) is 8.27. The Morgan fingerprint density at radius 3 is 2.79 bits per heavy atom. The molecule has 0 saturated carbocycles. The summed E-state index contributed by atoms with van der Waals surface area (Å²) in [6.45, 7) is 2.62. The molecule has 0 unspecified atom stereocenters. The smallest absolute Gasteiger partial charge is 0.143 e. The predicted octanol–water partition coefficient (Wildman–Crippen LogP) is 5.87. The number of hydrogen-bond acceptors (Lipinski definition) is 5. The lowest BCUT2D eigenvalue weighted by molar-refractivity contribution is 0.215. The van der Waals surface area contributed by atoms with Crippen LogP contribution in [0, 0.1) is 6.92 Å². The number of aromatic nitrogens is 3. The van der Waals surface area contributed by atoms with Crippen molar-refractivity contribution in [1.82, 2.24) is 14.5 Å². The Morgan fingerprint density at radius 2 is 1.88 bits per heavy atom. The second-order valence-corrected chi connectivity index (χ2v) is 8.27. The van der Waals surface area contributed by atoms with Crippen LogP contribution in [0.25, 0.3) is 44.1 Å². The maximum Gasteiger partial charge on any atom is 0.143 e. The highest BCUT2D eigenvalue weighted by atomic mass is 16.3. The third-order valence-electron chi connectivity index (χ3n) is 6.06. The van der Waals surface area contributed by atoms with Crippen LogP contribution in [-0.4, -0.2) is 19.6 Å². The molecule has 4 heterocycles. The zero-order chi connectivity index (χ0) is 22.4. The summed E-state index contributed by atoms with van der Waals surface area (Å²) in [5, 5.41) is 17.3. The van der Waals surface area contributed by atoms with Gasteiger partial charge in [0.2, 0.25) is 0 Å². The Hall–Kier alpha value is -4.16. The van der Waals surface area contributed by atoms with Crippen LogP contribution in [0.15, 0.2) is 83.8 Å². The molecule has 0 aliphatic heterocycles. The Labute approximate surface area is 190 Å². The zero-order valence-electron chi connectivity index (χ0n) is 18.1. The SMILES string of the molecule is Cc1ccc2cc(-c3cncc4ccc(CNc5ccnc6c5ccn6CO)cc34)oc2c1. The lowest BCUT2D eigenvalue weighted by Crippen LogP contribution is -2.01. The maximum absolute atomic E-state index is 9.49. The fourth-order valence-corrected chi connectivity index (χ4v) is 4.34. The predicted molar refractivity (Wildman–Crippen MR) is 131 cm³/mol. The van der Waals surface area contributed by atoms with Gasteiger partial charge in [-0.25, -0.2) is 4.98 Å². The van der Waals surface area contributed by atoms with Crippen LogP contribution in [0.3, 0.4) is 0 Å². The molecular weight excluding hydrogens is 412 g/mol. The molecule has 6 nitrogen and oxygen atoms in total. The Balaban J connectivity index is 1.36. The number of aliphatic hydroxyl groups is 1. The molecule has 0 aliphatic rings. The van der Waals surface area contributed by atoms with Crippen LogP contribution in [0.4, 0.5) is 5.69 Å². The van der Waals surface area contributed by atoms with Gasteiger partial charge in [-0.1, -0.05) is 24.3 Å². The molecule has 162 valence electrons. The van der Waals surface area contributed by atoms with E-state index in [-0.39, 0.29) is 6.73 Å². The van der Waals surface area contributed by atoms with Crippen LogP contribution in [0.5, 0.6) is 0 Å². The van der Waals surface area contributed by atoms with E-state index in [9.17, 15) is 5.11 Å². The van der Waals surface area contributed by atoms with E-state index in [0.717, 1.165) is 55.3 Å². The highest BCUT2D eigenvalue weighted by Crippen LogP contribution is 2.33. The second kappa shape index (κ2) is 7.76. The molecule has 33 heavy (non-hydrogen) atoms. The van der Waals surface area contributed by atoms with Crippen molar-refractivity contribution in [2.75, 3.05) is 5.32 Å². The number of fused-ring (bicyclic) bond motifs is 3. The van der Waals surface area contributed by atoms with Gasteiger partial charge in [0.15, 0.2) is 0 Å². The van der Waals surface area contributed by atoms with Crippen LogP contribution in [0.1, 0.15) is 11.1 Å². The number of nitrogens with one attached hydrogen (secondary N) is 1. The van der Waals surface area contributed by atoms with E-state index in [4.69, 9.17) is 4.42 Å². The highest BCUT2D eigenvalue weighted by Gasteiger charge is 2.12. The molecule has 2 N–H and O–H groups in total. The number of benzene rings is 2. The Bertz CT molecular complexity index is 1630. The van der Waals surface area contributed by atoms with Gasteiger partial charge in [-0.15, -0.1) is 0 Å². The van der Waals surface area contributed by atoms with Gasteiger partial charge in [-0.3, -0.25) is 4.98 Å². The molecule has 0 aliphatic carbocycles. The number of aliphatic hydroxyl groups excluding tert-OH is 1. The molecule has 2 aromatic carbocycles. The van der Waals surface area contributed by atoms with Crippen molar-refractivity contribution in [2.24, 2.45) is 0 Å². The number of hydrogen-bond donors (Lipinski definition) is 2. The van der Waals surface area contributed by atoms with E-state index in [1.54, 1.807) is 10.8 Å². The molecule has 0 spiro atoms. The topological polar surface area (TPSA) is 76.1 Å². The Kier molecular flexibility index (Phi) is 4.59. The normalized spacial score (nSPS) is 11.6. The molecule has 4 aromatic heterocycles. The molecule has 6 rings (SSSR count). The van der Waals surface area contributed by atoms with Crippen molar-refractivity contribution in [3.63, 3.8) is 0 Å². The monoisotopic (exact) mass is 434 g/mol. The third kappa shape index (κ3) is 3.41. The lowest BCUT2D eigenvalue weighted by atomic mass is 10.0. The number of nitrogens with zero attached hydrogens (tertiary/aromatic N) is 3.